The molecule has 1 aromatic heterocycles. The van der Waals surface area contributed by atoms with Gasteiger partial charge < -0.3 is 10.5 Å². The second-order valence-corrected chi connectivity index (χ2v) is 7.88. The van der Waals surface area contributed by atoms with Gasteiger partial charge in [-0.2, -0.15) is 4.40 Å². The maximum atomic E-state index is 11.3. The minimum absolute atomic E-state index is 0.0515. The molecule has 2 aromatic rings. The van der Waals surface area contributed by atoms with Crippen LogP contribution in [0.15, 0.2) is 34.9 Å². The molecule has 0 radical (unpaired) electrons. The minimum Gasteiger partial charge on any atom is -0.489 e. The van der Waals surface area contributed by atoms with E-state index in [0.29, 0.717) is 23.3 Å². The van der Waals surface area contributed by atoms with Crippen LogP contribution in [0.1, 0.15) is 35.4 Å². The van der Waals surface area contributed by atoms with Gasteiger partial charge in [0.2, 0.25) is 5.96 Å². The Morgan fingerprint density at radius 1 is 1.42 bits per heavy atom. The van der Waals surface area contributed by atoms with E-state index in [9.17, 15) is 4.21 Å². The molecule has 0 aliphatic heterocycles. The number of hydrogen-bond donors (Lipinski definition) is 2. The van der Waals surface area contributed by atoms with Crippen molar-refractivity contribution < 1.29 is 8.95 Å². The first-order valence-corrected chi connectivity index (χ1v) is 10.1. The molecule has 0 bridgehead atoms. The number of nitrogens with two attached hydrogens (primary N) is 1. The second kappa shape index (κ2) is 7.63. The maximum Gasteiger partial charge on any atom is 0.215 e. The van der Waals surface area contributed by atoms with Crippen molar-refractivity contribution in [3.05, 3.63) is 57.7 Å². The smallest absolute Gasteiger partial charge is 0.215 e. The number of hydrogen-bond acceptors (Lipinski definition) is 3. The van der Waals surface area contributed by atoms with Gasteiger partial charge in [-0.25, -0.2) is 4.21 Å². The van der Waals surface area contributed by atoms with Crippen LogP contribution in [-0.2, 0) is 17.6 Å². The van der Waals surface area contributed by atoms with E-state index in [1.165, 1.54) is 10.8 Å². The topological polar surface area (TPSA) is 93.5 Å². The molecule has 1 aromatic carbocycles. The number of ether oxygens (including phenoxy) is 1. The molecule has 1 fully saturated rings. The van der Waals surface area contributed by atoms with Gasteiger partial charge >= 0.3 is 0 Å². The van der Waals surface area contributed by atoms with Gasteiger partial charge in [0.1, 0.15) is 28.8 Å². The van der Waals surface area contributed by atoms with Crippen molar-refractivity contribution in [1.82, 2.24) is 4.57 Å². The first kappa shape index (κ1) is 18.7. The van der Waals surface area contributed by atoms with Gasteiger partial charge in [0.25, 0.3) is 0 Å². The van der Waals surface area contributed by atoms with Crippen molar-refractivity contribution in [3.8, 4) is 5.75 Å². The van der Waals surface area contributed by atoms with E-state index >= 15 is 0 Å². The Balaban J connectivity index is 1.91. The summed E-state index contributed by atoms with van der Waals surface area (Å²) in [5.74, 6) is 1.18. The van der Waals surface area contributed by atoms with Gasteiger partial charge in [-0.05, 0) is 66.6 Å². The first-order valence-electron chi connectivity index (χ1n) is 8.21. The average Bonchev–Trinajstić information content (AvgIpc) is 3.36. The summed E-state index contributed by atoms with van der Waals surface area (Å²) >= 11 is 6.08. The van der Waals surface area contributed by atoms with Gasteiger partial charge in [0, 0.05) is 17.5 Å². The number of aromatic nitrogens is 1. The molecule has 1 aliphatic rings. The molecule has 8 heteroatoms. The molecule has 3 rings (SSSR count). The van der Waals surface area contributed by atoms with Crippen LogP contribution < -0.4 is 16.0 Å². The number of nitrogens with zero attached hydrogens (tertiary/aromatic N) is 2. The quantitative estimate of drug-likeness (QED) is 0.605. The van der Waals surface area contributed by atoms with Crippen LogP contribution in [-0.4, -0.2) is 21.0 Å². The third-order valence-corrected chi connectivity index (χ3v) is 4.77. The molecule has 138 valence electrons. The molecule has 0 amide bonds. The van der Waals surface area contributed by atoms with Gasteiger partial charge in [0.05, 0.1) is 0 Å². The summed E-state index contributed by atoms with van der Waals surface area (Å²) in [5, 5.41) is 8.85. The highest BCUT2D eigenvalue weighted by molar-refractivity contribution is 7.83. The normalized spacial score (nSPS) is 15.7. The molecule has 0 spiro atoms. The van der Waals surface area contributed by atoms with E-state index in [2.05, 4.69) is 4.40 Å². The van der Waals surface area contributed by atoms with Crippen molar-refractivity contribution >= 4 is 28.5 Å². The van der Waals surface area contributed by atoms with Gasteiger partial charge in [-0.15, -0.1) is 0 Å². The fourth-order valence-corrected chi connectivity index (χ4v) is 3.44. The van der Waals surface area contributed by atoms with Crippen molar-refractivity contribution in [2.24, 2.45) is 10.1 Å². The highest BCUT2D eigenvalue weighted by Crippen LogP contribution is 2.41. The van der Waals surface area contributed by atoms with Crippen LogP contribution in [0.25, 0.3) is 0 Å². The molecule has 0 saturated heterocycles. The molecular weight excluding hydrogens is 372 g/mol. The first-order chi connectivity index (χ1) is 12.3. The number of rotatable bonds is 5. The summed E-state index contributed by atoms with van der Waals surface area (Å²) in [6, 6.07) is 7.30. The Kier molecular flexibility index (Phi) is 5.48. The minimum atomic E-state index is -1.42. The van der Waals surface area contributed by atoms with Crippen LogP contribution >= 0.6 is 11.6 Å². The predicted molar refractivity (Wildman–Crippen MR) is 104 cm³/mol. The molecule has 6 nitrogen and oxygen atoms in total. The lowest BCUT2D eigenvalue weighted by Crippen LogP contribution is -2.34. The number of nitrogens with one attached hydrogen (secondary N) is 1. The van der Waals surface area contributed by atoms with E-state index in [0.717, 1.165) is 29.5 Å². The highest BCUT2D eigenvalue weighted by atomic mass is 35.5. The summed E-state index contributed by atoms with van der Waals surface area (Å²) in [4.78, 5) is 0. The summed E-state index contributed by atoms with van der Waals surface area (Å²) < 4.78 is 22.5. The van der Waals surface area contributed by atoms with Crippen molar-refractivity contribution in [3.63, 3.8) is 0 Å². The second-order valence-electron chi connectivity index (χ2n) is 6.41. The van der Waals surface area contributed by atoms with Gasteiger partial charge in [-0.1, -0.05) is 11.6 Å². The molecule has 1 heterocycles. The van der Waals surface area contributed by atoms with Crippen LogP contribution in [0.2, 0.25) is 5.02 Å². The van der Waals surface area contributed by atoms with Crippen LogP contribution in [0.3, 0.4) is 0 Å². The van der Waals surface area contributed by atoms with E-state index in [-0.39, 0.29) is 11.4 Å². The Morgan fingerprint density at radius 3 is 2.77 bits per heavy atom. The Bertz CT molecular complexity index is 930. The van der Waals surface area contributed by atoms with E-state index in [1.54, 1.807) is 12.1 Å². The monoisotopic (exact) mass is 392 g/mol. The summed E-state index contributed by atoms with van der Waals surface area (Å²) in [6.07, 6.45) is 5.44. The predicted octanol–water partition coefficient (Wildman–Crippen LogP) is 2.84. The Labute approximate surface area is 159 Å². The van der Waals surface area contributed by atoms with Crippen molar-refractivity contribution in [2.45, 2.75) is 32.3 Å². The molecule has 3 N–H and O–H groups in total. The van der Waals surface area contributed by atoms with Crippen LogP contribution in [0, 0.1) is 12.3 Å². The number of benzene rings is 1. The Morgan fingerprint density at radius 2 is 2.15 bits per heavy atom. The zero-order chi connectivity index (χ0) is 18.8. The Hall–Kier alpha value is -2.12. The average molecular weight is 393 g/mol. The third kappa shape index (κ3) is 4.53. The van der Waals surface area contributed by atoms with Crippen molar-refractivity contribution in [1.29, 1.82) is 5.41 Å². The molecule has 1 aliphatic carbocycles. The molecule has 1 saturated carbocycles. The molecule has 26 heavy (non-hydrogen) atoms. The lowest BCUT2D eigenvalue weighted by molar-refractivity contribution is 0.304. The fraction of sp³-hybridized carbons (Fsp3) is 0.333. The van der Waals surface area contributed by atoms with Gasteiger partial charge in [0.15, 0.2) is 0 Å². The lowest BCUT2D eigenvalue weighted by Gasteiger charge is -2.15. The van der Waals surface area contributed by atoms with E-state index in [1.807, 2.05) is 25.3 Å². The van der Waals surface area contributed by atoms with Crippen LogP contribution in [0.5, 0.6) is 5.75 Å². The summed E-state index contributed by atoms with van der Waals surface area (Å²) in [5.41, 5.74) is 9.11. The number of pyridine rings is 1. The SMILES string of the molecule is Cc1cc(Cl)cc(OCc2cc(=N)n(/C(N)=N/S(C)=O)cc2C2CC2)c1. The summed E-state index contributed by atoms with van der Waals surface area (Å²) in [7, 11) is -1.42. The largest absolute Gasteiger partial charge is 0.489 e. The lowest BCUT2D eigenvalue weighted by atomic mass is 10.1. The number of aryl methyl sites for hydroxylation is 1. The summed E-state index contributed by atoms with van der Waals surface area (Å²) in [6.45, 7) is 2.30. The molecular formula is C18H21ClN4O2S. The number of halogens is 1. The van der Waals surface area contributed by atoms with E-state index < -0.39 is 11.0 Å². The molecule has 1 unspecified atom stereocenters. The van der Waals surface area contributed by atoms with Crippen LogP contribution in [0.4, 0.5) is 0 Å². The highest BCUT2D eigenvalue weighted by Gasteiger charge is 2.27. The molecule has 1 atom stereocenters. The maximum absolute atomic E-state index is 11.3. The van der Waals surface area contributed by atoms with Gasteiger partial charge in [-0.3, -0.25) is 9.98 Å². The zero-order valence-corrected chi connectivity index (χ0v) is 16.2. The van der Waals surface area contributed by atoms with Crippen molar-refractivity contribution in [2.75, 3.05) is 6.26 Å². The third-order valence-electron chi connectivity index (χ3n) is 4.11. The zero-order valence-electron chi connectivity index (χ0n) is 14.7. The standard InChI is InChI=1S/C18H21ClN4O2S/c1-11-5-14(19)8-15(6-11)25-10-13-7-17(20)23(18(21)22-26(2)24)9-16(13)12-3-4-12/h5-9,12,20H,3-4,10H2,1-2H3,(H2,21,22). The fourth-order valence-electron chi connectivity index (χ4n) is 2.81. The van der Waals surface area contributed by atoms with E-state index in [4.69, 9.17) is 27.5 Å².